The zero-order chi connectivity index (χ0) is 7.11. The number of hydrogen-bond donors (Lipinski definition) is 2. The molecule has 0 bridgehead atoms. The molecular formula is C5H9IN2O. The summed E-state index contributed by atoms with van der Waals surface area (Å²) in [4.78, 5) is 4.55. The Labute approximate surface area is 68.2 Å². The van der Waals surface area contributed by atoms with E-state index in [1.807, 2.05) is 0 Å². The number of hydrogen-bond acceptors (Lipinski definition) is 3. The van der Waals surface area contributed by atoms with Gasteiger partial charge in [0.2, 0.25) is 0 Å². The van der Waals surface area contributed by atoms with Crippen LogP contribution in [0.25, 0.3) is 0 Å². The quantitative estimate of drug-likeness (QED) is 0.438. The lowest BCUT2D eigenvalue weighted by molar-refractivity contribution is 0.128. The van der Waals surface area contributed by atoms with Gasteiger partial charge in [-0.25, -0.2) is 0 Å². The lowest BCUT2D eigenvalue weighted by Crippen LogP contribution is -2.06. The summed E-state index contributed by atoms with van der Waals surface area (Å²) in [5.74, 6) is 0. The summed E-state index contributed by atoms with van der Waals surface area (Å²) in [7, 11) is 1.55. The van der Waals surface area contributed by atoms with Crippen LogP contribution in [0.4, 0.5) is 0 Å². The molecule has 0 aromatic rings. The summed E-state index contributed by atoms with van der Waals surface area (Å²) in [6.07, 6.45) is 3.28. The first-order chi connectivity index (χ1) is 4.31. The van der Waals surface area contributed by atoms with E-state index in [1.54, 1.807) is 19.5 Å². The van der Waals surface area contributed by atoms with Crippen LogP contribution in [0.1, 0.15) is 0 Å². The minimum Gasteiger partial charge on any atom is -0.356 e. The molecule has 0 aliphatic carbocycles. The third kappa shape index (κ3) is 5.64. The molecule has 0 aliphatic heterocycles. The monoisotopic (exact) mass is 240 g/mol. The molecule has 0 amide bonds. The van der Waals surface area contributed by atoms with Crippen LogP contribution in [0.3, 0.4) is 0 Å². The highest BCUT2D eigenvalue weighted by atomic mass is 127. The molecule has 9 heavy (non-hydrogen) atoms. The van der Waals surface area contributed by atoms with E-state index in [2.05, 4.69) is 44.8 Å². The first-order valence-corrected chi connectivity index (χ1v) is 3.40. The normalized spacial score (nSPS) is 10.7. The summed E-state index contributed by atoms with van der Waals surface area (Å²) >= 11 is 2.10. The van der Waals surface area contributed by atoms with Crippen LogP contribution in [-0.4, -0.2) is 7.11 Å². The Hall–Kier alpha value is -0.230. The van der Waals surface area contributed by atoms with Crippen LogP contribution in [0.5, 0.6) is 0 Å². The Balaban J connectivity index is 3.42. The molecule has 0 aromatic carbocycles. The lowest BCUT2D eigenvalue weighted by atomic mass is 10.8. The maximum Gasteiger partial charge on any atom is 0.0954 e. The summed E-state index contributed by atoms with van der Waals surface area (Å²) in [5.41, 5.74) is 2.55. The first-order valence-electron chi connectivity index (χ1n) is 2.33. The van der Waals surface area contributed by atoms with Crippen molar-refractivity contribution in [3.05, 3.63) is 22.7 Å². The van der Waals surface area contributed by atoms with Crippen molar-refractivity contribution in [1.29, 1.82) is 0 Å². The van der Waals surface area contributed by atoms with Crippen molar-refractivity contribution in [2.24, 2.45) is 0 Å². The Morgan fingerprint density at radius 2 is 2.44 bits per heavy atom. The van der Waals surface area contributed by atoms with Crippen molar-refractivity contribution in [1.82, 2.24) is 10.8 Å². The van der Waals surface area contributed by atoms with Gasteiger partial charge in [0.1, 0.15) is 0 Å². The predicted octanol–water partition coefficient (Wildman–Crippen LogP) is 1.10. The van der Waals surface area contributed by atoms with E-state index in [4.69, 9.17) is 0 Å². The van der Waals surface area contributed by atoms with Gasteiger partial charge in [-0.15, -0.1) is 0 Å². The molecule has 0 fully saturated rings. The largest absolute Gasteiger partial charge is 0.356 e. The van der Waals surface area contributed by atoms with Crippen LogP contribution in [0.15, 0.2) is 22.7 Å². The van der Waals surface area contributed by atoms with Crippen molar-refractivity contribution in [3.8, 4) is 0 Å². The Morgan fingerprint density at radius 3 is 2.89 bits per heavy atom. The second kappa shape index (κ2) is 5.90. The zero-order valence-corrected chi connectivity index (χ0v) is 7.31. The van der Waals surface area contributed by atoms with Crippen molar-refractivity contribution in [2.75, 3.05) is 7.11 Å². The summed E-state index contributed by atoms with van der Waals surface area (Å²) < 4.78 is 0.921. The van der Waals surface area contributed by atoms with Crippen LogP contribution in [0, 0.1) is 0 Å². The van der Waals surface area contributed by atoms with Gasteiger partial charge in [0.15, 0.2) is 0 Å². The maximum absolute atomic E-state index is 4.55. The van der Waals surface area contributed by atoms with Gasteiger partial charge >= 0.3 is 0 Å². The summed E-state index contributed by atoms with van der Waals surface area (Å²) in [6, 6.07) is 0. The average molecular weight is 240 g/mol. The molecule has 0 radical (unpaired) electrons. The van der Waals surface area contributed by atoms with Crippen molar-refractivity contribution < 1.29 is 4.84 Å². The van der Waals surface area contributed by atoms with Crippen LogP contribution < -0.4 is 10.8 Å². The molecule has 0 aliphatic rings. The minimum absolute atomic E-state index is 0.921. The SMILES string of the molecule is C=CN/C(I)=C\NOC. The fourth-order valence-corrected chi connectivity index (χ4v) is 0.597. The van der Waals surface area contributed by atoms with E-state index in [0.717, 1.165) is 3.70 Å². The molecule has 0 saturated carbocycles. The van der Waals surface area contributed by atoms with Gasteiger partial charge in [-0.2, -0.15) is 0 Å². The molecule has 0 saturated heterocycles. The third-order valence-electron chi connectivity index (χ3n) is 0.543. The molecule has 0 spiro atoms. The van der Waals surface area contributed by atoms with Crippen molar-refractivity contribution >= 4 is 22.6 Å². The lowest BCUT2D eigenvalue weighted by Gasteiger charge is -1.97. The highest BCUT2D eigenvalue weighted by Crippen LogP contribution is 1.96. The van der Waals surface area contributed by atoms with Crippen LogP contribution >= 0.6 is 22.6 Å². The molecule has 0 rings (SSSR count). The van der Waals surface area contributed by atoms with Crippen LogP contribution in [0.2, 0.25) is 0 Å². The number of nitrogens with one attached hydrogen (secondary N) is 2. The van der Waals surface area contributed by atoms with Gasteiger partial charge < -0.3 is 5.32 Å². The second-order valence-electron chi connectivity index (χ2n) is 1.16. The minimum atomic E-state index is 0.921. The molecule has 0 heterocycles. The molecule has 0 aromatic heterocycles. The highest BCUT2D eigenvalue weighted by molar-refractivity contribution is 14.1. The number of rotatable bonds is 4. The zero-order valence-electron chi connectivity index (χ0n) is 5.15. The standard InChI is InChI=1S/C5H9IN2O/c1-3-7-5(6)4-8-9-2/h3-4,7-8H,1H2,2H3/b5-4-. The Kier molecular flexibility index (Phi) is 5.75. The van der Waals surface area contributed by atoms with Gasteiger partial charge in [-0.05, 0) is 28.8 Å². The molecule has 2 N–H and O–H groups in total. The van der Waals surface area contributed by atoms with E-state index in [-0.39, 0.29) is 0 Å². The smallest absolute Gasteiger partial charge is 0.0954 e. The molecule has 0 unspecified atom stereocenters. The van der Waals surface area contributed by atoms with E-state index in [1.165, 1.54) is 0 Å². The van der Waals surface area contributed by atoms with E-state index < -0.39 is 0 Å². The van der Waals surface area contributed by atoms with Gasteiger partial charge in [0.25, 0.3) is 0 Å². The maximum atomic E-state index is 4.55. The highest BCUT2D eigenvalue weighted by Gasteiger charge is 1.80. The number of halogens is 1. The first kappa shape index (κ1) is 8.77. The van der Waals surface area contributed by atoms with Gasteiger partial charge in [0, 0.05) is 0 Å². The molecule has 4 heteroatoms. The van der Waals surface area contributed by atoms with Crippen molar-refractivity contribution in [3.63, 3.8) is 0 Å². The molecule has 3 nitrogen and oxygen atoms in total. The van der Waals surface area contributed by atoms with E-state index in [9.17, 15) is 0 Å². The van der Waals surface area contributed by atoms with E-state index >= 15 is 0 Å². The Morgan fingerprint density at radius 1 is 1.78 bits per heavy atom. The topological polar surface area (TPSA) is 33.3 Å². The predicted molar refractivity (Wildman–Crippen MR) is 45.6 cm³/mol. The fraction of sp³-hybridized carbons (Fsp3) is 0.200. The number of hydroxylamine groups is 1. The van der Waals surface area contributed by atoms with Crippen molar-refractivity contribution in [2.45, 2.75) is 0 Å². The molecule has 52 valence electrons. The summed E-state index contributed by atoms with van der Waals surface area (Å²) in [6.45, 7) is 3.48. The summed E-state index contributed by atoms with van der Waals surface area (Å²) in [5, 5.41) is 2.85. The average Bonchev–Trinajstić information content (AvgIpc) is 1.85. The Bertz CT molecular complexity index is 114. The second-order valence-corrected chi connectivity index (χ2v) is 2.32. The van der Waals surface area contributed by atoms with E-state index in [0.29, 0.717) is 0 Å². The van der Waals surface area contributed by atoms with Crippen LogP contribution in [-0.2, 0) is 4.84 Å². The van der Waals surface area contributed by atoms with Gasteiger partial charge in [-0.3, -0.25) is 10.3 Å². The fourth-order valence-electron chi connectivity index (χ4n) is 0.250. The molecular weight excluding hydrogens is 231 g/mol. The van der Waals surface area contributed by atoms with Gasteiger partial charge in [-0.1, -0.05) is 6.58 Å². The third-order valence-corrected chi connectivity index (χ3v) is 1.17. The molecule has 0 atom stereocenters. The van der Waals surface area contributed by atoms with Gasteiger partial charge in [0.05, 0.1) is 17.0 Å².